The van der Waals surface area contributed by atoms with Gasteiger partial charge in [0.25, 0.3) is 0 Å². The summed E-state index contributed by atoms with van der Waals surface area (Å²) in [6, 6.07) is 15.2. The van der Waals surface area contributed by atoms with Gasteiger partial charge in [-0.3, -0.25) is 0 Å². The Balaban J connectivity index is 2.07. The van der Waals surface area contributed by atoms with Crippen molar-refractivity contribution in [2.24, 2.45) is 0 Å². The van der Waals surface area contributed by atoms with Crippen molar-refractivity contribution in [2.75, 3.05) is 0 Å². The highest BCUT2D eigenvalue weighted by Crippen LogP contribution is 2.37. The average molecular weight is 301 g/mol. The average Bonchev–Trinajstić information content (AvgIpc) is 2.89. The molecule has 0 spiro atoms. The number of nitriles is 1. The fraction of sp³-hybridized carbons (Fsp3) is 0.0667. The number of ether oxygens (including phenoxy) is 1. The van der Waals surface area contributed by atoms with Crippen molar-refractivity contribution in [1.29, 1.82) is 5.26 Å². The van der Waals surface area contributed by atoms with Gasteiger partial charge in [-0.25, -0.2) is 4.98 Å². The van der Waals surface area contributed by atoms with E-state index < -0.39 is 0 Å². The molecule has 0 atom stereocenters. The number of hydrogen-bond donors (Lipinski definition) is 0. The normalized spacial score (nSPS) is 10.4. The van der Waals surface area contributed by atoms with Gasteiger partial charge >= 0.3 is 0 Å². The van der Waals surface area contributed by atoms with Crippen LogP contribution in [0.15, 0.2) is 42.5 Å². The van der Waals surface area contributed by atoms with Crippen LogP contribution in [0.1, 0.15) is 5.01 Å². The number of para-hydroxylation sites is 1. The van der Waals surface area contributed by atoms with Crippen molar-refractivity contribution in [3.63, 3.8) is 0 Å². The van der Waals surface area contributed by atoms with Crippen LogP contribution in [0.4, 0.5) is 0 Å². The summed E-state index contributed by atoms with van der Waals surface area (Å²) < 4.78 is 6.69. The molecule has 0 saturated carbocycles. The molecule has 98 valence electrons. The van der Waals surface area contributed by atoms with Crippen molar-refractivity contribution < 1.29 is 4.74 Å². The maximum absolute atomic E-state index is 8.77. The lowest BCUT2D eigenvalue weighted by Gasteiger charge is -2.06. The Bertz CT molecular complexity index is 793. The topological polar surface area (TPSA) is 45.9 Å². The van der Waals surface area contributed by atoms with Crippen molar-refractivity contribution in [1.82, 2.24) is 4.98 Å². The van der Waals surface area contributed by atoms with E-state index in [0.29, 0.717) is 16.3 Å². The molecular weight excluding hydrogens is 292 g/mol. The predicted octanol–water partition coefficient (Wildman–Crippen LogP) is 4.81. The zero-order valence-corrected chi connectivity index (χ0v) is 11.9. The molecule has 0 saturated heterocycles. The molecule has 3 nitrogen and oxygen atoms in total. The largest absolute Gasteiger partial charge is 0.455 e. The summed E-state index contributed by atoms with van der Waals surface area (Å²) in [6.07, 6.45) is 0.278. The van der Waals surface area contributed by atoms with Gasteiger partial charge in [-0.15, -0.1) is 11.3 Å². The molecule has 1 aromatic heterocycles. The number of rotatable bonds is 3. The number of nitrogens with zero attached hydrogens (tertiary/aromatic N) is 2. The molecule has 0 fully saturated rings. The van der Waals surface area contributed by atoms with Gasteiger partial charge in [0.15, 0.2) is 5.75 Å². The second kappa shape index (κ2) is 5.49. The van der Waals surface area contributed by atoms with E-state index in [1.54, 1.807) is 12.1 Å². The summed E-state index contributed by atoms with van der Waals surface area (Å²) in [5.41, 5.74) is 0.705. The molecule has 0 aliphatic carbocycles. The Labute approximate surface area is 125 Å². The standard InChI is InChI=1S/C15H9ClN2OS/c16-11-6-7-12(19-10-4-2-1-3-5-10)14-15(11)20-13(18-14)8-9-17/h1-7H,8H2. The zero-order valence-electron chi connectivity index (χ0n) is 10.3. The quantitative estimate of drug-likeness (QED) is 0.697. The molecule has 0 aliphatic rings. The SMILES string of the molecule is N#CCc1nc2c(Oc3ccccc3)ccc(Cl)c2s1. The molecule has 0 radical (unpaired) electrons. The van der Waals surface area contributed by atoms with E-state index in [9.17, 15) is 0 Å². The third kappa shape index (κ3) is 2.46. The van der Waals surface area contributed by atoms with Crippen molar-refractivity contribution in [3.05, 3.63) is 52.5 Å². The molecule has 2 aromatic carbocycles. The number of aromatic nitrogens is 1. The third-order valence-corrected chi connectivity index (χ3v) is 4.22. The van der Waals surface area contributed by atoms with Crippen LogP contribution < -0.4 is 4.74 Å². The summed E-state index contributed by atoms with van der Waals surface area (Å²) in [5, 5.41) is 10.1. The van der Waals surface area contributed by atoms with Crippen LogP contribution in [0.5, 0.6) is 11.5 Å². The minimum absolute atomic E-state index is 0.278. The van der Waals surface area contributed by atoms with Crippen LogP contribution in [0.3, 0.4) is 0 Å². The lowest BCUT2D eigenvalue weighted by molar-refractivity contribution is 0.487. The molecule has 0 aliphatic heterocycles. The Hall–Kier alpha value is -2.09. The molecule has 3 aromatic rings. The predicted molar refractivity (Wildman–Crippen MR) is 80.5 cm³/mol. The van der Waals surface area contributed by atoms with Gasteiger partial charge < -0.3 is 4.74 Å². The number of benzene rings is 2. The third-order valence-electron chi connectivity index (χ3n) is 2.70. The lowest BCUT2D eigenvalue weighted by Crippen LogP contribution is -1.86. The van der Waals surface area contributed by atoms with E-state index in [-0.39, 0.29) is 6.42 Å². The van der Waals surface area contributed by atoms with Crippen molar-refractivity contribution in [3.8, 4) is 17.6 Å². The van der Waals surface area contributed by atoms with Gasteiger partial charge in [0, 0.05) is 0 Å². The zero-order chi connectivity index (χ0) is 13.9. The highest BCUT2D eigenvalue weighted by atomic mass is 35.5. The van der Waals surface area contributed by atoms with Crippen LogP contribution >= 0.6 is 22.9 Å². The van der Waals surface area contributed by atoms with Gasteiger partial charge in [0.05, 0.1) is 22.2 Å². The molecule has 20 heavy (non-hydrogen) atoms. The monoisotopic (exact) mass is 300 g/mol. The van der Waals surface area contributed by atoms with Crippen LogP contribution in [-0.4, -0.2) is 4.98 Å². The molecule has 1 heterocycles. The molecule has 0 amide bonds. The van der Waals surface area contributed by atoms with Crippen LogP contribution in [-0.2, 0) is 6.42 Å². The summed E-state index contributed by atoms with van der Waals surface area (Å²) >= 11 is 7.61. The van der Waals surface area contributed by atoms with Gasteiger partial charge in [-0.2, -0.15) is 5.26 Å². The Kier molecular flexibility index (Phi) is 3.55. The van der Waals surface area contributed by atoms with E-state index in [0.717, 1.165) is 15.5 Å². The Morgan fingerprint density at radius 2 is 2.00 bits per heavy atom. The summed E-state index contributed by atoms with van der Waals surface area (Å²) in [5.74, 6) is 1.39. The number of thiazole rings is 1. The first-order chi connectivity index (χ1) is 9.78. The first-order valence-corrected chi connectivity index (χ1v) is 7.15. The van der Waals surface area contributed by atoms with Crippen LogP contribution in [0.2, 0.25) is 5.02 Å². The summed E-state index contributed by atoms with van der Waals surface area (Å²) in [6.45, 7) is 0. The van der Waals surface area contributed by atoms with E-state index >= 15 is 0 Å². The minimum atomic E-state index is 0.278. The first kappa shape index (κ1) is 12.9. The minimum Gasteiger partial charge on any atom is -0.455 e. The smallest absolute Gasteiger partial charge is 0.154 e. The maximum atomic E-state index is 8.77. The molecule has 0 bridgehead atoms. The second-order valence-corrected chi connectivity index (χ2v) is 5.57. The number of halogens is 1. The summed E-state index contributed by atoms with van der Waals surface area (Å²) in [4.78, 5) is 4.45. The highest BCUT2D eigenvalue weighted by Gasteiger charge is 2.13. The molecule has 0 unspecified atom stereocenters. The van der Waals surface area contributed by atoms with Gasteiger partial charge in [0.1, 0.15) is 16.3 Å². The van der Waals surface area contributed by atoms with Gasteiger partial charge in [-0.05, 0) is 24.3 Å². The highest BCUT2D eigenvalue weighted by molar-refractivity contribution is 7.19. The Morgan fingerprint density at radius 3 is 2.75 bits per heavy atom. The van der Waals surface area contributed by atoms with Gasteiger partial charge in [0.2, 0.25) is 0 Å². The number of fused-ring (bicyclic) bond motifs is 1. The summed E-state index contributed by atoms with van der Waals surface area (Å²) in [7, 11) is 0. The fourth-order valence-corrected chi connectivity index (χ4v) is 3.02. The molecule has 5 heteroatoms. The van der Waals surface area contributed by atoms with Crippen LogP contribution in [0.25, 0.3) is 10.2 Å². The van der Waals surface area contributed by atoms with Crippen molar-refractivity contribution in [2.45, 2.75) is 6.42 Å². The van der Waals surface area contributed by atoms with E-state index in [1.165, 1.54) is 11.3 Å². The first-order valence-electron chi connectivity index (χ1n) is 5.95. The molecule has 0 N–H and O–H groups in total. The van der Waals surface area contributed by atoms with E-state index in [2.05, 4.69) is 11.1 Å². The van der Waals surface area contributed by atoms with Crippen LogP contribution in [0, 0.1) is 11.3 Å². The van der Waals surface area contributed by atoms with E-state index in [1.807, 2.05) is 30.3 Å². The fourth-order valence-electron chi connectivity index (χ4n) is 1.84. The maximum Gasteiger partial charge on any atom is 0.154 e. The molecule has 3 rings (SSSR count). The Morgan fingerprint density at radius 1 is 1.20 bits per heavy atom. The molecular formula is C15H9ClN2OS. The van der Waals surface area contributed by atoms with E-state index in [4.69, 9.17) is 21.6 Å². The second-order valence-electron chi connectivity index (χ2n) is 4.08. The van der Waals surface area contributed by atoms with Gasteiger partial charge in [-0.1, -0.05) is 29.8 Å². The lowest BCUT2D eigenvalue weighted by atomic mass is 10.3. The van der Waals surface area contributed by atoms with Crippen molar-refractivity contribution >= 4 is 33.2 Å². The number of hydrogen-bond acceptors (Lipinski definition) is 4.